The number of carbonyl (C=O) groups is 1. The molecule has 0 saturated carbocycles. The minimum atomic E-state index is -0.303. The summed E-state index contributed by atoms with van der Waals surface area (Å²) in [4.78, 5) is 19.4. The van der Waals surface area contributed by atoms with E-state index in [1.54, 1.807) is 12.1 Å². The van der Waals surface area contributed by atoms with Gasteiger partial charge < -0.3 is 4.98 Å². The number of hydrogen-bond donors (Lipinski definition) is 2. The van der Waals surface area contributed by atoms with Gasteiger partial charge in [0.2, 0.25) is 5.95 Å². The van der Waals surface area contributed by atoms with Crippen molar-refractivity contribution < 1.29 is 4.79 Å². The predicted octanol–water partition coefficient (Wildman–Crippen LogP) is 4.12. The summed E-state index contributed by atoms with van der Waals surface area (Å²) < 4.78 is 0. The number of carbonyl (C=O) groups excluding carboxylic acids is 1. The zero-order valence-electron chi connectivity index (χ0n) is 10.2. The van der Waals surface area contributed by atoms with Crippen LogP contribution >= 0.6 is 23.2 Å². The predicted molar refractivity (Wildman–Crippen MR) is 80.5 cm³/mol. The molecule has 100 valence electrons. The number of benzene rings is 2. The van der Waals surface area contributed by atoms with Gasteiger partial charge >= 0.3 is 0 Å². The highest BCUT2D eigenvalue weighted by atomic mass is 35.5. The number of aromatic amines is 1. The highest BCUT2D eigenvalue weighted by Gasteiger charge is 2.10. The maximum Gasteiger partial charge on any atom is 0.258 e. The second-order valence-electron chi connectivity index (χ2n) is 4.19. The lowest BCUT2D eigenvalue weighted by atomic mass is 10.2. The van der Waals surface area contributed by atoms with E-state index < -0.39 is 0 Å². The number of imidazole rings is 1. The third-order valence-corrected chi connectivity index (χ3v) is 3.54. The van der Waals surface area contributed by atoms with Gasteiger partial charge in [-0.15, -0.1) is 0 Å². The minimum Gasteiger partial charge on any atom is -0.324 e. The third-order valence-electron chi connectivity index (χ3n) is 2.80. The van der Waals surface area contributed by atoms with E-state index in [4.69, 9.17) is 23.2 Å². The van der Waals surface area contributed by atoms with Crippen LogP contribution in [0.5, 0.6) is 0 Å². The average Bonchev–Trinajstić information content (AvgIpc) is 2.83. The minimum absolute atomic E-state index is 0.303. The van der Waals surface area contributed by atoms with Gasteiger partial charge in [0.15, 0.2) is 0 Å². The van der Waals surface area contributed by atoms with E-state index in [2.05, 4.69) is 15.3 Å². The van der Waals surface area contributed by atoms with Crippen LogP contribution in [0.1, 0.15) is 10.4 Å². The van der Waals surface area contributed by atoms with Gasteiger partial charge in [0, 0.05) is 5.56 Å². The molecule has 0 spiro atoms. The molecule has 0 aliphatic rings. The Bertz CT molecular complexity index is 765. The number of hydrogen-bond acceptors (Lipinski definition) is 2. The Morgan fingerprint density at radius 2 is 1.90 bits per heavy atom. The highest BCUT2D eigenvalue weighted by Crippen LogP contribution is 2.23. The van der Waals surface area contributed by atoms with E-state index in [-0.39, 0.29) is 5.91 Å². The molecule has 2 aromatic carbocycles. The lowest BCUT2D eigenvalue weighted by molar-refractivity contribution is 0.102. The molecule has 0 fully saturated rings. The SMILES string of the molecule is O=C(Nc1nc2ccccc2[nH]1)c1ccc(Cl)c(Cl)c1. The summed E-state index contributed by atoms with van der Waals surface area (Å²) in [5, 5.41) is 3.43. The molecule has 0 atom stereocenters. The molecule has 0 unspecified atom stereocenters. The van der Waals surface area contributed by atoms with Crippen molar-refractivity contribution in [3.05, 3.63) is 58.1 Å². The molecule has 1 heterocycles. The number of nitrogens with zero attached hydrogens (tertiary/aromatic N) is 1. The largest absolute Gasteiger partial charge is 0.324 e. The molecule has 0 saturated heterocycles. The van der Waals surface area contributed by atoms with Gasteiger partial charge in [-0.05, 0) is 30.3 Å². The highest BCUT2D eigenvalue weighted by molar-refractivity contribution is 6.42. The summed E-state index contributed by atoms with van der Waals surface area (Å²) in [7, 11) is 0. The molecule has 0 aliphatic carbocycles. The standard InChI is InChI=1S/C14H9Cl2N3O/c15-9-6-5-8(7-10(9)16)13(20)19-14-17-11-3-1-2-4-12(11)18-14/h1-7H,(H2,17,18,19,20). The molecule has 0 bridgehead atoms. The molecule has 4 nitrogen and oxygen atoms in total. The van der Waals surface area contributed by atoms with Crippen LogP contribution in [-0.4, -0.2) is 15.9 Å². The fourth-order valence-corrected chi connectivity index (χ4v) is 2.13. The van der Waals surface area contributed by atoms with E-state index in [0.717, 1.165) is 11.0 Å². The van der Waals surface area contributed by atoms with Crippen molar-refractivity contribution in [2.24, 2.45) is 0 Å². The van der Waals surface area contributed by atoms with Gasteiger partial charge in [-0.25, -0.2) is 4.98 Å². The molecular formula is C14H9Cl2N3O. The van der Waals surface area contributed by atoms with Crippen molar-refractivity contribution >= 4 is 46.1 Å². The second-order valence-corrected chi connectivity index (χ2v) is 5.00. The number of fused-ring (bicyclic) bond motifs is 1. The molecule has 0 radical (unpaired) electrons. The molecule has 0 aliphatic heterocycles. The average molecular weight is 306 g/mol. The van der Waals surface area contributed by atoms with Crippen LogP contribution < -0.4 is 5.32 Å². The number of para-hydroxylation sites is 2. The first-order chi connectivity index (χ1) is 9.63. The van der Waals surface area contributed by atoms with Crippen molar-refractivity contribution in [3.63, 3.8) is 0 Å². The maximum atomic E-state index is 12.1. The molecule has 2 N–H and O–H groups in total. The van der Waals surface area contributed by atoms with Crippen molar-refractivity contribution in [2.75, 3.05) is 5.32 Å². The first kappa shape index (κ1) is 13.0. The van der Waals surface area contributed by atoms with Crippen molar-refractivity contribution in [2.45, 2.75) is 0 Å². The van der Waals surface area contributed by atoms with Crippen molar-refractivity contribution in [3.8, 4) is 0 Å². The quantitative estimate of drug-likeness (QED) is 0.748. The Hall–Kier alpha value is -2.04. The Kier molecular flexibility index (Phi) is 3.34. The van der Waals surface area contributed by atoms with Crippen LogP contribution in [0.4, 0.5) is 5.95 Å². The van der Waals surface area contributed by atoms with Gasteiger partial charge in [0.25, 0.3) is 5.91 Å². The lowest BCUT2D eigenvalue weighted by Crippen LogP contribution is -2.12. The van der Waals surface area contributed by atoms with E-state index in [1.807, 2.05) is 24.3 Å². The topological polar surface area (TPSA) is 57.8 Å². The number of anilines is 1. The summed E-state index contributed by atoms with van der Waals surface area (Å²) >= 11 is 11.7. The van der Waals surface area contributed by atoms with Crippen LogP contribution in [0.15, 0.2) is 42.5 Å². The van der Waals surface area contributed by atoms with Gasteiger partial charge in [-0.3, -0.25) is 10.1 Å². The third kappa shape index (κ3) is 2.48. The smallest absolute Gasteiger partial charge is 0.258 e. The number of aromatic nitrogens is 2. The number of nitrogens with one attached hydrogen (secondary N) is 2. The first-order valence-electron chi connectivity index (χ1n) is 5.84. The Labute approximate surface area is 124 Å². The van der Waals surface area contributed by atoms with Gasteiger partial charge in [-0.1, -0.05) is 35.3 Å². The van der Waals surface area contributed by atoms with Crippen LogP contribution in [0, 0.1) is 0 Å². The van der Waals surface area contributed by atoms with E-state index in [9.17, 15) is 4.79 Å². The fraction of sp³-hybridized carbons (Fsp3) is 0. The molecule has 3 rings (SSSR count). The number of amides is 1. The molecular weight excluding hydrogens is 297 g/mol. The normalized spacial score (nSPS) is 10.7. The Balaban J connectivity index is 1.86. The molecule has 6 heteroatoms. The summed E-state index contributed by atoms with van der Waals surface area (Å²) in [6.07, 6.45) is 0. The van der Waals surface area contributed by atoms with E-state index in [1.165, 1.54) is 6.07 Å². The van der Waals surface area contributed by atoms with Crippen molar-refractivity contribution in [1.29, 1.82) is 0 Å². The summed E-state index contributed by atoms with van der Waals surface area (Å²) in [5.74, 6) is 0.0879. The van der Waals surface area contributed by atoms with Crippen LogP contribution in [-0.2, 0) is 0 Å². The van der Waals surface area contributed by atoms with Crippen LogP contribution in [0.25, 0.3) is 11.0 Å². The zero-order chi connectivity index (χ0) is 14.1. The molecule has 1 aromatic heterocycles. The van der Waals surface area contributed by atoms with Gasteiger partial charge in [0.1, 0.15) is 0 Å². The molecule has 1 amide bonds. The van der Waals surface area contributed by atoms with E-state index in [0.29, 0.717) is 21.6 Å². The lowest BCUT2D eigenvalue weighted by Gasteiger charge is -2.03. The van der Waals surface area contributed by atoms with Crippen LogP contribution in [0.3, 0.4) is 0 Å². The summed E-state index contributed by atoms with van der Waals surface area (Å²) in [6.45, 7) is 0. The maximum absolute atomic E-state index is 12.1. The van der Waals surface area contributed by atoms with Crippen LogP contribution in [0.2, 0.25) is 10.0 Å². The summed E-state index contributed by atoms with van der Waals surface area (Å²) in [6, 6.07) is 12.2. The monoisotopic (exact) mass is 305 g/mol. The summed E-state index contributed by atoms with van der Waals surface area (Å²) in [5.41, 5.74) is 2.06. The zero-order valence-corrected chi connectivity index (χ0v) is 11.7. The number of halogens is 2. The van der Waals surface area contributed by atoms with Gasteiger partial charge in [0.05, 0.1) is 21.1 Å². The number of rotatable bonds is 2. The van der Waals surface area contributed by atoms with Gasteiger partial charge in [-0.2, -0.15) is 0 Å². The van der Waals surface area contributed by atoms with Crippen molar-refractivity contribution in [1.82, 2.24) is 9.97 Å². The Morgan fingerprint density at radius 1 is 1.10 bits per heavy atom. The second kappa shape index (κ2) is 5.15. The first-order valence-corrected chi connectivity index (χ1v) is 6.60. The molecule has 3 aromatic rings. The Morgan fingerprint density at radius 3 is 2.65 bits per heavy atom. The molecule has 20 heavy (non-hydrogen) atoms. The van der Waals surface area contributed by atoms with E-state index >= 15 is 0 Å². The fourth-order valence-electron chi connectivity index (χ4n) is 1.83. The number of H-pyrrole nitrogens is 1.